The lowest BCUT2D eigenvalue weighted by Crippen LogP contribution is -2.29. The molecule has 2 aromatic rings. The van der Waals surface area contributed by atoms with Gasteiger partial charge in [0.1, 0.15) is 5.82 Å². The minimum absolute atomic E-state index is 0.586. The monoisotopic (exact) mass is 241 g/mol. The van der Waals surface area contributed by atoms with Crippen LogP contribution in [-0.4, -0.2) is 22.6 Å². The van der Waals surface area contributed by atoms with Gasteiger partial charge < -0.3 is 9.88 Å². The van der Waals surface area contributed by atoms with Crippen molar-refractivity contribution in [3.05, 3.63) is 42.2 Å². The lowest BCUT2D eigenvalue weighted by atomic mass is 10.0. The fourth-order valence-electron chi connectivity index (χ4n) is 2.72. The molecule has 1 N–H and O–H groups in total. The van der Waals surface area contributed by atoms with E-state index in [1.165, 1.54) is 24.0 Å². The van der Waals surface area contributed by atoms with Crippen LogP contribution in [0.25, 0.3) is 11.4 Å². The van der Waals surface area contributed by atoms with Gasteiger partial charge in [-0.2, -0.15) is 0 Å². The van der Waals surface area contributed by atoms with Crippen molar-refractivity contribution in [3.63, 3.8) is 0 Å². The first kappa shape index (κ1) is 11.5. The molecule has 1 fully saturated rings. The third-order valence-corrected chi connectivity index (χ3v) is 3.76. The van der Waals surface area contributed by atoms with Crippen molar-refractivity contribution in [2.45, 2.75) is 25.8 Å². The summed E-state index contributed by atoms with van der Waals surface area (Å²) in [5, 5.41) is 3.41. The summed E-state index contributed by atoms with van der Waals surface area (Å²) in [7, 11) is 0. The van der Waals surface area contributed by atoms with E-state index in [0.29, 0.717) is 6.04 Å². The molecule has 3 nitrogen and oxygen atoms in total. The van der Waals surface area contributed by atoms with E-state index in [1.807, 2.05) is 6.20 Å². The fourth-order valence-corrected chi connectivity index (χ4v) is 2.72. The Kier molecular flexibility index (Phi) is 3.15. The summed E-state index contributed by atoms with van der Waals surface area (Å²) < 4.78 is 2.35. The van der Waals surface area contributed by atoms with Gasteiger partial charge in [0.15, 0.2) is 0 Å². The third kappa shape index (κ3) is 2.06. The molecular weight excluding hydrogens is 222 g/mol. The molecule has 3 rings (SSSR count). The molecule has 0 bridgehead atoms. The highest BCUT2D eigenvalue weighted by Crippen LogP contribution is 2.27. The summed E-state index contributed by atoms with van der Waals surface area (Å²) in [4.78, 5) is 4.57. The molecule has 0 spiro atoms. The highest BCUT2D eigenvalue weighted by molar-refractivity contribution is 5.60. The predicted octanol–water partition coefficient (Wildman–Crippen LogP) is 2.78. The summed E-state index contributed by atoms with van der Waals surface area (Å²) in [5.74, 6) is 1.11. The molecule has 1 saturated heterocycles. The Morgan fingerprint density at radius 3 is 2.78 bits per heavy atom. The highest BCUT2D eigenvalue weighted by Gasteiger charge is 2.18. The average Bonchev–Trinajstić information content (AvgIpc) is 2.89. The van der Waals surface area contributed by atoms with E-state index in [1.54, 1.807) is 0 Å². The Balaban J connectivity index is 1.98. The SMILES string of the molecule is Cc1ccccc1-c1nccn1C1CCNCC1. The van der Waals surface area contributed by atoms with Crippen LogP contribution in [0, 0.1) is 6.92 Å². The van der Waals surface area contributed by atoms with Crippen LogP contribution in [0.2, 0.25) is 0 Å². The zero-order chi connectivity index (χ0) is 12.4. The Hall–Kier alpha value is -1.61. The van der Waals surface area contributed by atoms with E-state index < -0.39 is 0 Å². The van der Waals surface area contributed by atoms with Gasteiger partial charge in [-0.1, -0.05) is 24.3 Å². The average molecular weight is 241 g/mol. The molecule has 18 heavy (non-hydrogen) atoms. The molecule has 1 aromatic carbocycles. The Labute approximate surface area is 108 Å². The number of aromatic nitrogens is 2. The van der Waals surface area contributed by atoms with E-state index in [0.717, 1.165) is 18.9 Å². The predicted molar refractivity (Wildman–Crippen MR) is 73.5 cm³/mol. The molecule has 0 unspecified atom stereocenters. The molecule has 0 atom stereocenters. The van der Waals surface area contributed by atoms with Gasteiger partial charge in [0.05, 0.1) is 0 Å². The number of nitrogens with zero attached hydrogens (tertiary/aromatic N) is 2. The van der Waals surface area contributed by atoms with Crippen molar-refractivity contribution < 1.29 is 0 Å². The Morgan fingerprint density at radius 1 is 1.22 bits per heavy atom. The molecule has 3 heteroatoms. The van der Waals surface area contributed by atoms with Crippen molar-refractivity contribution in [2.24, 2.45) is 0 Å². The van der Waals surface area contributed by atoms with Gasteiger partial charge in [-0.25, -0.2) is 4.98 Å². The maximum Gasteiger partial charge on any atom is 0.140 e. The van der Waals surface area contributed by atoms with Gasteiger partial charge in [0, 0.05) is 24.0 Å². The fraction of sp³-hybridized carbons (Fsp3) is 0.400. The minimum atomic E-state index is 0.586. The van der Waals surface area contributed by atoms with Gasteiger partial charge in [0.25, 0.3) is 0 Å². The summed E-state index contributed by atoms with van der Waals surface area (Å²) in [6, 6.07) is 9.07. The lowest BCUT2D eigenvalue weighted by molar-refractivity contribution is 0.370. The van der Waals surface area contributed by atoms with Crippen LogP contribution in [-0.2, 0) is 0 Å². The zero-order valence-electron chi connectivity index (χ0n) is 10.8. The molecule has 94 valence electrons. The number of hydrogen-bond donors (Lipinski definition) is 1. The zero-order valence-corrected chi connectivity index (χ0v) is 10.8. The molecule has 2 heterocycles. The van der Waals surface area contributed by atoms with Gasteiger partial charge in [-0.05, 0) is 38.4 Å². The number of nitrogens with one attached hydrogen (secondary N) is 1. The third-order valence-electron chi connectivity index (χ3n) is 3.76. The molecule has 1 aromatic heterocycles. The van der Waals surface area contributed by atoms with Crippen LogP contribution in [0.5, 0.6) is 0 Å². The first-order chi connectivity index (χ1) is 8.86. The Bertz CT molecular complexity index is 524. The van der Waals surface area contributed by atoms with Crippen molar-refractivity contribution in [1.29, 1.82) is 0 Å². The minimum Gasteiger partial charge on any atom is -0.328 e. The van der Waals surface area contributed by atoms with E-state index in [-0.39, 0.29) is 0 Å². The molecule has 1 aliphatic heterocycles. The number of rotatable bonds is 2. The lowest BCUT2D eigenvalue weighted by Gasteiger charge is -2.25. The van der Waals surface area contributed by atoms with Crippen LogP contribution < -0.4 is 5.32 Å². The van der Waals surface area contributed by atoms with E-state index in [4.69, 9.17) is 0 Å². The summed E-state index contributed by atoms with van der Waals surface area (Å²) in [5.41, 5.74) is 2.54. The highest BCUT2D eigenvalue weighted by atomic mass is 15.1. The smallest absolute Gasteiger partial charge is 0.140 e. The topological polar surface area (TPSA) is 29.9 Å². The van der Waals surface area contributed by atoms with Crippen LogP contribution in [0.4, 0.5) is 0 Å². The van der Waals surface area contributed by atoms with Gasteiger partial charge >= 0.3 is 0 Å². The molecule has 0 radical (unpaired) electrons. The van der Waals surface area contributed by atoms with Crippen molar-refractivity contribution >= 4 is 0 Å². The van der Waals surface area contributed by atoms with Crippen molar-refractivity contribution in [1.82, 2.24) is 14.9 Å². The summed E-state index contributed by atoms with van der Waals surface area (Å²) >= 11 is 0. The van der Waals surface area contributed by atoms with Gasteiger partial charge in [-0.3, -0.25) is 0 Å². The molecule has 1 aliphatic rings. The van der Waals surface area contributed by atoms with Gasteiger partial charge in [-0.15, -0.1) is 0 Å². The number of hydrogen-bond acceptors (Lipinski definition) is 2. The normalized spacial score (nSPS) is 16.9. The van der Waals surface area contributed by atoms with E-state index in [2.05, 4.69) is 52.3 Å². The number of benzene rings is 1. The largest absolute Gasteiger partial charge is 0.328 e. The second-order valence-corrected chi connectivity index (χ2v) is 4.95. The maximum absolute atomic E-state index is 4.57. The summed E-state index contributed by atoms with van der Waals surface area (Å²) in [6.07, 6.45) is 6.42. The molecular formula is C15H19N3. The van der Waals surface area contributed by atoms with E-state index >= 15 is 0 Å². The molecule has 0 aliphatic carbocycles. The standard InChI is InChI=1S/C15H19N3/c1-12-4-2-3-5-14(12)15-17-10-11-18(15)13-6-8-16-9-7-13/h2-5,10-11,13,16H,6-9H2,1H3. The van der Waals surface area contributed by atoms with Crippen LogP contribution in [0.15, 0.2) is 36.7 Å². The molecule has 0 saturated carbocycles. The van der Waals surface area contributed by atoms with Crippen LogP contribution >= 0.6 is 0 Å². The number of aryl methyl sites for hydroxylation is 1. The van der Waals surface area contributed by atoms with Crippen molar-refractivity contribution in [2.75, 3.05) is 13.1 Å². The maximum atomic E-state index is 4.57. The quantitative estimate of drug-likeness (QED) is 0.876. The van der Waals surface area contributed by atoms with E-state index in [9.17, 15) is 0 Å². The van der Waals surface area contributed by atoms with Crippen LogP contribution in [0.3, 0.4) is 0 Å². The van der Waals surface area contributed by atoms with Crippen LogP contribution in [0.1, 0.15) is 24.4 Å². The number of piperidine rings is 1. The second-order valence-electron chi connectivity index (χ2n) is 4.95. The van der Waals surface area contributed by atoms with Crippen molar-refractivity contribution in [3.8, 4) is 11.4 Å². The summed E-state index contributed by atoms with van der Waals surface area (Å²) in [6.45, 7) is 4.36. The first-order valence-corrected chi connectivity index (χ1v) is 6.66. The Morgan fingerprint density at radius 2 is 2.00 bits per heavy atom. The molecule has 0 amide bonds. The van der Waals surface area contributed by atoms with Gasteiger partial charge in [0.2, 0.25) is 0 Å². The first-order valence-electron chi connectivity index (χ1n) is 6.66. The second kappa shape index (κ2) is 4.94. The number of imidazole rings is 1.